The molecule has 0 atom stereocenters. The highest BCUT2D eigenvalue weighted by molar-refractivity contribution is 7.19. The average Bonchev–Trinajstić information content (AvgIpc) is 2.96. The zero-order chi connectivity index (χ0) is 15.5. The topological polar surface area (TPSA) is 59.9 Å². The largest absolute Gasteiger partial charge is 0.497 e. The lowest BCUT2D eigenvalue weighted by molar-refractivity contribution is 0.415. The summed E-state index contributed by atoms with van der Waals surface area (Å²) < 4.78 is 5.21. The van der Waals surface area contributed by atoms with E-state index >= 15 is 0 Å². The molecule has 0 radical (unpaired) electrons. The Morgan fingerprint density at radius 1 is 1.18 bits per heavy atom. The van der Waals surface area contributed by atoms with E-state index in [0.29, 0.717) is 0 Å². The van der Waals surface area contributed by atoms with E-state index in [1.807, 2.05) is 44.4 Å². The number of hydrogen-bond donors (Lipinski definition) is 1. The Kier molecular flexibility index (Phi) is 4.02. The third kappa shape index (κ3) is 2.65. The van der Waals surface area contributed by atoms with Crippen LogP contribution in [0.3, 0.4) is 0 Å². The fraction of sp³-hybridized carbons (Fsp3) is 0.188. The third-order valence-electron chi connectivity index (χ3n) is 3.34. The van der Waals surface area contributed by atoms with Crippen molar-refractivity contribution in [1.29, 1.82) is 0 Å². The van der Waals surface area contributed by atoms with E-state index in [9.17, 15) is 0 Å². The molecule has 0 fully saturated rings. The molecule has 0 saturated carbocycles. The normalized spacial score (nSPS) is 10.5. The van der Waals surface area contributed by atoms with Gasteiger partial charge in [-0.1, -0.05) is 23.5 Å². The molecule has 1 aromatic carbocycles. The Morgan fingerprint density at radius 2 is 1.95 bits per heavy atom. The van der Waals surface area contributed by atoms with E-state index < -0.39 is 0 Å². The van der Waals surface area contributed by atoms with Crippen molar-refractivity contribution in [3.63, 3.8) is 0 Å². The summed E-state index contributed by atoms with van der Waals surface area (Å²) in [6, 6.07) is 7.89. The lowest BCUT2D eigenvalue weighted by Crippen LogP contribution is -1.91. The van der Waals surface area contributed by atoms with Crippen LogP contribution in [0.15, 0.2) is 36.8 Å². The van der Waals surface area contributed by atoms with Gasteiger partial charge < -0.3 is 10.1 Å². The van der Waals surface area contributed by atoms with Crippen LogP contribution in [0.25, 0.3) is 21.7 Å². The smallest absolute Gasteiger partial charge is 0.183 e. The van der Waals surface area contributed by atoms with E-state index in [1.54, 1.807) is 24.8 Å². The highest BCUT2D eigenvalue weighted by Gasteiger charge is 2.15. The summed E-state index contributed by atoms with van der Waals surface area (Å²) in [5.74, 6) is 0.827. The van der Waals surface area contributed by atoms with Gasteiger partial charge in [0.15, 0.2) is 5.13 Å². The quantitative estimate of drug-likeness (QED) is 0.797. The van der Waals surface area contributed by atoms with Crippen LogP contribution in [0, 0.1) is 6.92 Å². The Labute approximate surface area is 133 Å². The molecule has 0 saturated heterocycles. The van der Waals surface area contributed by atoms with Gasteiger partial charge in [-0.15, -0.1) is 0 Å². The second kappa shape index (κ2) is 6.11. The van der Waals surface area contributed by atoms with Crippen molar-refractivity contribution in [2.45, 2.75) is 6.92 Å². The molecular weight excluding hydrogens is 296 g/mol. The zero-order valence-electron chi connectivity index (χ0n) is 12.6. The molecule has 0 aliphatic heterocycles. The van der Waals surface area contributed by atoms with Gasteiger partial charge in [-0.2, -0.15) is 0 Å². The molecule has 3 rings (SSSR count). The summed E-state index contributed by atoms with van der Waals surface area (Å²) in [4.78, 5) is 14.2. The van der Waals surface area contributed by atoms with Crippen molar-refractivity contribution in [2.75, 3.05) is 19.5 Å². The number of anilines is 1. The molecule has 0 amide bonds. The van der Waals surface area contributed by atoms with Crippen molar-refractivity contribution in [2.24, 2.45) is 0 Å². The second-order valence-electron chi connectivity index (χ2n) is 4.70. The van der Waals surface area contributed by atoms with Gasteiger partial charge in [0.2, 0.25) is 0 Å². The fourth-order valence-electron chi connectivity index (χ4n) is 2.22. The summed E-state index contributed by atoms with van der Waals surface area (Å²) in [6.45, 7) is 1.99. The van der Waals surface area contributed by atoms with Gasteiger partial charge in [-0.3, -0.25) is 0 Å². The summed E-state index contributed by atoms with van der Waals surface area (Å²) in [5, 5.41) is 3.96. The molecular formula is C16H16N4OS. The predicted octanol–water partition coefficient (Wildman–Crippen LogP) is 3.63. The van der Waals surface area contributed by atoms with Crippen LogP contribution in [0.4, 0.5) is 5.13 Å². The lowest BCUT2D eigenvalue weighted by atomic mass is 10.0. The number of nitrogens with zero attached hydrogens (tertiary/aromatic N) is 3. The van der Waals surface area contributed by atoms with E-state index in [1.165, 1.54) is 0 Å². The molecule has 1 N–H and O–H groups in total. The molecule has 0 spiro atoms. The molecule has 22 heavy (non-hydrogen) atoms. The molecule has 0 aliphatic carbocycles. The van der Waals surface area contributed by atoms with Crippen LogP contribution in [0.2, 0.25) is 0 Å². The Bertz CT molecular complexity index is 783. The number of hydrogen-bond acceptors (Lipinski definition) is 6. The van der Waals surface area contributed by atoms with Gasteiger partial charge >= 0.3 is 0 Å². The fourth-order valence-corrected chi connectivity index (χ4v) is 3.15. The van der Waals surface area contributed by atoms with Crippen LogP contribution in [-0.2, 0) is 0 Å². The number of aromatic nitrogens is 3. The molecule has 0 bridgehead atoms. The number of ether oxygens (including phenoxy) is 1. The van der Waals surface area contributed by atoms with Crippen LogP contribution in [0.1, 0.15) is 5.69 Å². The molecule has 3 aromatic rings. The van der Waals surface area contributed by atoms with E-state index in [4.69, 9.17) is 4.74 Å². The van der Waals surface area contributed by atoms with Gasteiger partial charge in [-0.05, 0) is 24.6 Å². The first-order valence-corrected chi connectivity index (χ1v) is 7.64. The number of thiazole rings is 1. The van der Waals surface area contributed by atoms with Crippen molar-refractivity contribution < 1.29 is 4.74 Å². The molecule has 0 aliphatic rings. The van der Waals surface area contributed by atoms with E-state index in [0.717, 1.165) is 38.3 Å². The number of aryl methyl sites for hydroxylation is 1. The van der Waals surface area contributed by atoms with Crippen molar-refractivity contribution >= 4 is 16.5 Å². The van der Waals surface area contributed by atoms with Crippen LogP contribution in [0.5, 0.6) is 5.75 Å². The predicted molar refractivity (Wildman–Crippen MR) is 89.4 cm³/mol. The molecule has 5 nitrogen and oxygen atoms in total. The molecule has 112 valence electrons. The lowest BCUT2D eigenvalue weighted by Gasteiger charge is -2.08. The summed E-state index contributed by atoms with van der Waals surface area (Å²) in [7, 11) is 3.53. The molecule has 0 unspecified atom stereocenters. The number of benzene rings is 1. The van der Waals surface area contributed by atoms with Crippen molar-refractivity contribution in [3.8, 4) is 27.4 Å². The number of rotatable bonds is 4. The molecule has 2 aromatic heterocycles. The Balaban J connectivity index is 2.11. The van der Waals surface area contributed by atoms with Gasteiger partial charge in [0.1, 0.15) is 12.1 Å². The number of nitrogens with one attached hydrogen (secondary N) is 1. The van der Waals surface area contributed by atoms with Gasteiger partial charge in [0.25, 0.3) is 0 Å². The minimum absolute atomic E-state index is 0.827. The standard InChI is InChI=1S/C16H16N4OS/c1-10-15(22-16(17-2)20-10)14-13(8-18-9-19-14)11-4-6-12(21-3)7-5-11/h4-9H,1-3H3,(H,17,20). The van der Waals surface area contributed by atoms with Gasteiger partial charge in [0, 0.05) is 18.8 Å². The first-order chi connectivity index (χ1) is 10.7. The zero-order valence-corrected chi connectivity index (χ0v) is 13.4. The van der Waals surface area contributed by atoms with Crippen molar-refractivity contribution in [3.05, 3.63) is 42.5 Å². The second-order valence-corrected chi connectivity index (χ2v) is 5.70. The van der Waals surface area contributed by atoms with E-state index in [-0.39, 0.29) is 0 Å². The van der Waals surface area contributed by atoms with Gasteiger partial charge in [-0.25, -0.2) is 15.0 Å². The highest BCUT2D eigenvalue weighted by atomic mass is 32.1. The third-order valence-corrected chi connectivity index (χ3v) is 4.52. The summed E-state index contributed by atoms with van der Waals surface area (Å²) >= 11 is 1.59. The summed E-state index contributed by atoms with van der Waals surface area (Å²) in [5.41, 5.74) is 3.90. The summed E-state index contributed by atoms with van der Waals surface area (Å²) in [6.07, 6.45) is 3.41. The minimum Gasteiger partial charge on any atom is -0.497 e. The van der Waals surface area contributed by atoms with Crippen LogP contribution < -0.4 is 10.1 Å². The van der Waals surface area contributed by atoms with E-state index in [2.05, 4.69) is 20.3 Å². The molecule has 6 heteroatoms. The van der Waals surface area contributed by atoms with Gasteiger partial charge in [0.05, 0.1) is 23.4 Å². The Morgan fingerprint density at radius 3 is 2.59 bits per heavy atom. The first kappa shape index (κ1) is 14.5. The maximum atomic E-state index is 5.21. The average molecular weight is 312 g/mol. The minimum atomic E-state index is 0.827. The Hall–Kier alpha value is -2.47. The maximum absolute atomic E-state index is 5.21. The van der Waals surface area contributed by atoms with Crippen LogP contribution >= 0.6 is 11.3 Å². The maximum Gasteiger partial charge on any atom is 0.183 e. The number of methoxy groups -OCH3 is 1. The highest BCUT2D eigenvalue weighted by Crippen LogP contribution is 2.37. The SMILES string of the molecule is CNc1nc(C)c(-c2ncncc2-c2ccc(OC)cc2)s1. The van der Waals surface area contributed by atoms with Crippen molar-refractivity contribution in [1.82, 2.24) is 15.0 Å². The molecule has 2 heterocycles. The monoisotopic (exact) mass is 312 g/mol. The first-order valence-electron chi connectivity index (χ1n) is 6.83. The van der Waals surface area contributed by atoms with Crippen LogP contribution in [-0.4, -0.2) is 29.1 Å².